The van der Waals surface area contributed by atoms with Crippen LogP contribution in [-0.2, 0) is 16.1 Å². The Kier molecular flexibility index (Phi) is 7.75. The van der Waals surface area contributed by atoms with Crippen LogP contribution in [0.4, 0.5) is 5.69 Å². The molecular weight excluding hydrogens is 484 g/mol. The number of hydrogen-bond acceptors (Lipinski definition) is 6. The number of imide groups is 1. The Bertz CT molecular complexity index is 1290. The minimum absolute atomic E-state index is 0.0709. The lowest BCUT2D eigenvalue weighted by molar-refractivity contribution is -0.137. The SMILES string of the molecule is CC(C)CC(C(=O)NCc1ccccc1)C1(C(CCC(=O)O)N2C(=O)c3ccc(N)cc3C2=O)C=CC=N1. The van der Waals surface area contributed by atoms with Gasteiger partial charge in [0.1, 0.15) is 5.54 Å². The second-order valence-corrected chi connectivity index (χ2v) is 10.1. The normalized spacial score (nSPS) is 19.6. The standard InChI is InChI=1S/C29H32N4O5/c1-18(2)15-23(26(36)31-17-19-7-4-3-5-8-19)29(13-6-14-32-29)24(11-12-25(34)35)33-27(37)21-10-9-20(30)16-22(21)28(33)38/h3-10,13-14,16,18,23-24H,11-12,15,17,30H2,1-2H3,(H,31,36)(H,34,35). The Balaban J connectivity index is 1.76. The summed E-state index contributed by atoms with van der Waals surface area (Å²) in [5.41, 5.74) is 6.16. The maximum Gasteiger partial charge on any atom is 0.303 e. The molecule has 0 spiro atoms. The van der Waals surface area contributed by atoms with E-state index < -0.39 is 35.3 Å². The highest BCUT2D eigenvalue weighted by atomic mass is 16.4. The maximum absolute atomic E-state index is 13.8. The first-order valence-electron chi connectivity index (χ1n) is 12.7. The second kappa shape index (κ2) is 11.0. The molecule has 0 aliphatic carbocycles. The second-order valence-electron chi connectivity index (χ2n) is 10.1. The Labute approximate surface area is 221 Å². The van der Waals surface area contributed by atoms with Crippen LogP contribution in [0.3, 0.4) is 0 Å². The minimum Gasteiger partial charge on any atom is -0.481 e. The van der Waals surface area contributed by atoms with E-state index in [1.165, 1.54) is 12.1 Å². The van der Waals surface area contributed by atoms with Gasteiger partial charge in [-0.1, -0.05) is 50.3 Å². The fraction of sp³-hybridized carbons (Fsp3) is 0.345. The Hall–Kier alpha value is -4.27. The quantitative estimate of drug-likeness (QED) is 0.308. The molecule has 3 amide bonds. The van der Waals surface area contributed by atoms with E-state index in [-0.39, 0.29) is 35.8 Å². The van der Waals surface area contributed by atoms with Gasteiger partial charge < -0.3 is 16.2 Å². The molecule has 4 rings (SSSR count). The van der Waals surface area contributed by atoms with E-state index in [2.05, 4.69) is 5.32 Å². The van der Waals surface area contributed by atoms with Gasteiger partial charge in [-0.2, -0.15) is 0 Å². The van der Waals surface area contributed by atoms with Crippen molar-refractivity contribution in [1.82, 2.24) is 10.2 Å². The number of nitrogen functional groups attached to an aromatic ring is 1. The van der Waals surface area contributed by atoms with Gasteiger partial charge in [-0.3, -0.25) is 29.1 Å². The molecule has 9 nitrogen and oxygen atoms in total. The van der Waals surface area contributed by atoms with E-state index in [4.69, 9.17) is 10.7 Å². The van der Waals surface area contributed by atoms with E-state index in [0.29, 0.717) is 18.7 Å². The van der Waals surface area contributed by atoms with Crippen LogP contribution in [-0.4, -0.2) is 51.5 Å². The number of nitrogens with one attached hydrogen (secondary N) is 1. The smallest absolute Gasteiger partial charge is 0.303 e. The highest BCUT2D eigenvalue weighted by Gasteiger charge is 2.54. The van der Waals surface area contributed by atoms with E-state index in [1.807, 2.05) is 44.2 Å². The van der Waals surface area contributed by atoms with Crippen molar-refractivity contribution in [2.75, 3.05) is 5.73 Å². The number of carbonyl (C=O) groups is 4. The van der Waals surface area contributed by atoms with Crippen LogP contribution < -0.4 is 11.1 Å². The fourth-order valence-electron chi connectivity index (χ4n) is 5.32. The molecule has 3 unspecified atom stereocenters. The number of carboxylic acid groups (broad SMARTS) is 1. The van der Waals surface area contributed by atoms with Gasteiger partial charge in [0.05, 0.1) is 23.1 Å². The van der Waals surface area contributed by atoms with Gasteiger partial charge in [-0.15, -0.1) is 0 Å². The van der Waals surface area contributed by atoms with Crippen molar-refractivity contribution >= 4 is 35.6 Å². The van der Waals surface area contributed by atoms with Crippen LogP contribution in [0.15, 0.2) is 65.7 Å². The third-order valence-electron chi connectivity index (χ3n) is 7.06. The number of benzene rings is 2. The van der Waals surface area contributed by atoms with E-state index >= 15 is 0 Å². The van der Waals surface area contributed by atoms with Gasteiger partial charge in [-0.25, -0.2) is 0 Å². The first kappa shape index (κ1) is 26.8. The molecule has 0 bridgehead atoms. The van der Waals surface area contributed by atoms with Crippen molar-refractivity contribution in [3.05, 3.63) is 77.4 Å². The molecule has 2 aliphatic rings. The number of anilines is 1. The lowest BCUT2D eigenvalue weighted by Gasteiger charge is -2.43. The molecule has 2 heterocycles. The van der Waals surface area contributed by atoms with Crippen molar-refractivity contribution in [3.8, 4) is 0 Å². The van der Waals surface area contributed by atoms with Crippen molar-refractivity contribution in [3.63, 3.8) is 0 Å². The first-order valence-corrected chi connectivity index (χ1v) is 12.7. The van der Waals surface area contributed by atoms with E-state index in [0.717, 1.165) is 10.5 Å². The lowest BCUT2D eigenvalue weighted by atomic mass is 9.72. The third-order valence-corrected chi connectivity index (χ3v) is 7.06. The first-order chi connectivity index (χ1) is 18.1. The summed E-state index contributed by atoms with van der Waals surface area (Å²) in [6, 6.07) is 13.0. The van der Waals surface area contributed by atoms with Gasteiger partial charge >= 0.3 is 5.97 Å². The molecule has 3 atom stereocenters. The van der Waals surface area contributed by atoms with Crippen molar-refractivity contribution in [2.45, 2.75) is 51.2 Å². The van der Waals surface area contributed by atoms with Gasteiger partial charge in [0.25, 0.3) is 11.8 Å². The monoisotopic (exact) mass is 516 g/mol. The highest BCUT2D eigenvalue weighted by molar-refractivity contribution is 6.22. The molecule has 4 N–H and O–H groups in total. The molecule has 9 heteroatoms. The van der Waals surface area contributed by atoms with Gasteiger partial charge in [0, 0.05) is 24.9 Å². The van der Waals surface area contributed by atoms with Crippen LogP contribution in [0.25, 0.3) is 0 Å². The predicted octanol–water partition coefficient (Wildman–Crippen LogP) is 3.46. The molecule has 2 aromatic carbocycles. The van der Waals surface area contributed by atoms with Crippen LogP contribution in [0, 0.1) is 11.8 Å². The number of nitrogens with two attached hydrogens (primary N) is 1. The zero-order chi connectivity index (χ0) is 27.4. The van der Waals surface area contributed by atoms with Gasteiger partial charge in [0.15, 0.2) is 0 Å². The summed E-state index contributed by atoms with van der Waals surface area (Å²) >= 11 is 0. The van der Waals surface area contributed by atoms with Crippen LogP contribution in [0.1, 0.15) is 59.4 Å². The predicted molar refractivity (Wildman–Crippen MR) is 144 cm³/mol. The summed E-state index contributed by atoms with van der Waals surface area (Å²) in [6.07, 6.45) is 4.97. The summed E-state index contributed by atoms with van der Waals surface area (Å²) in [6.45, 7) is 4.25. The summed E-state index contributed by atoms with van der Waals surface area (Å²) in [5.74, 6) is -3.18. The average Bonchev–Trinajstić information content (AvgIpc) is 3.46. The zero-order valence-corrected chi connectivity index (χ0v) is 21.5. The summed E-state index contributed by atoms with van der Waals surface area (Å²) in [7, 11) is 0. The molecule has 198 valence electrons. The number of hydrogen-bond donors (Lipinski definition) is 3. The molecular formula is C29H32N4O5. The maximum atomic E-state index is 13.8. The Morgan fingerprint density at radius 1 is 1.08 bits per heavy atom. The van der Waals surface area contributed by atoms with Crippen molar-refractivity contribution in [1.29, 1.82) is 0 Å². The topological polar surface area (TPSA) is 142 Å². The number of nitrogens with zero attached hydrogens (tertiary/aromatic N) is 2. The number of carbonyl (C=O) groups excluding carboxylic acids is 3. The lowest BCUT2D eigenvalue weighted by Crippen LogP contribution is -2.59. The fourth-order valence-corrected chi connectivity index (χ4v) is 5.32. The molecule has 2 aromatic rings. The molecule has 0 aromatic heterocycles. The molecule has 2 aliphatic heterocycles. The molecule has 0 fully saturated rings. The van der Waals surface area contributed by atoms with E-state index in [9.17, 15) is 24.3 Å². The highest BCUT2D eigenvalue weighted by Crippen LogP contribution is 2.42. The van der Waals surface area contributed by atoms with E-state index in [1.54, 1.807) is 24.4 Å². The summed E-state index contributed by atoms with van der Waals surface area (Å²) in [4.78, 5) is 58.4. The largest absolute Gasteiger partial charge is 0.481 e. The minimum atomic E-state index is -1.33. The molecule has 0 radical (unpaired) electrons. The van der Waals surface area contributed by atoms with Crippen LogP contribution in [0.2, 0.25) is 0 Å². The molecule has 0 saturated heterocycles. The summed E-state index contributed by atoms with van der Waals surface area (Å²) < 4.78 is 0. The number of fused-ring (bicyclic) bond motifs is 1. The third kappa shape index (κ3) is 5.22. The number of allylic oxidation sites excluding steroid dienone is 1. The summed E-state index contributed by atoms with van der Waals surface area (Å²) in [5, 5.41) is 12.5. The Morgan fingerprint density at radius 3 is 2.42 bits per heavy atom. The van der Waals surface area contributed by atoms with Crippen LogP contribution >= 0.6 is 0 Å². The van der Waals surface area contributed by atoms with Crippen molar-refractivity contribution in [2.24, 2.45) is 16.8 Å². The average molecular weight is 517 g/mol. The van der Waals surface area contributed by atoms with Crippen molar-refractivity contribution < 1.29 is 24.3 Å². The number of aliphatic imine (C=N–C) groups is 1. The van der Waals surface area contributed by atoms with Crippen LogP contribution in [0.5, 0.6) is 0 Å². The number of rotatable bonds is 11. The number of carboxylic acids is 1. The van der Waals surface area contributed by atoms with Gasteiger partial charge in [0.2, 0.25) is 5.91 Å². The molecule has 38 heavy (non-hydrogen) atoms. The number of aliphatic carboxylic acids is 1. The number of amides is 3. The molecule has 0 saturated carbocycles. The zero-order valence-electron chi connectivity index (χ0n) is 21.5. The Morgan fingerprint density at radius 2 is 1.79 bits per heavy atom. The van der Waals surface area contributed by atoms with Gasteiger partial charge in [-0.05, 0) is 48.6 Å².